The fourth-order valence-corrected chi connectivity index (χ4v) is 2.27. The molecule has 0 atom stereocenters. The Morgan fingerprint density at radius 3 is 2.54 bits per heavy atom. The average molecular weight is 330 g/mol. The van der Waals surface area contributed by atoms with Crippen LogP contribution in [0.2, 0.25) is 0 Å². The third-order valence-corrected chi connectivity index (χ3v) is 3.56. The van der Waals surface area contributed by atoms with E-state index in [-0.39, 0.29) is 18.1 Å². The summed E-state index contributed by atoms with van der Waals surface area (Å²) in [7, 11) is 1.60. The van der Waals surface area contributed by atoms with Crippen molar-refractivity contribution in [3.8, 4) is 11.4 Å². The molecule has 2 rings (SSSR count). The van der Waals surface area contributed by atoms with Crippen LogP contribution in [0.4, 0.5) is 0 Å². The zero-order valence-electron chi connectivity index (χ0n) is 13.9. The van der Waals surface area contributed by atoms with Crippen molar-refractivity contribution in [2.45, 2.75) is 19.8 Å². The summed E-state index contributed by atoms with van der Waals surface area (Å²) in [6.07, 6.45) is 3.43. The molecule has 0 aliphatic heterocycles. The molecule has 7 nitrogen and oxygen atoms in total. The van der Waals surface area contributed by atoms with Crippen molar-refractivity contribution in [1.29, 1.82) is 0 Å². The summed E-state index contributed by atoms with van der Waals surface area (Å²) >= 11 is 0. The van der Waals surface area contributed by atoms with Crippen molar-refractivity contribution < 1.29 is 14.3 Å². The predicted octanol–water partition coefficient (Wildman–Crippen LogP) is 1.61. The summed E-state index contributed by atoms with van der Waals surface area (Å²) in [5, 5.41) is 4.30. The minimum absolute atomic E-state index is 0.103. The van der Waals surface area contributed by atoms with E-state index in [4.69, 9.17) is 10.5 Å². The number of primary amides is 1. The van der Waals surface area contributed by atoms with Gasteiger partial charge in [-0.2, -0.15) is 5.10 Å². The Bertz CT molecular complexity index is 694. The van der Waals surface area contributed by atoms with E-state index < -0.39 is 5.91 Å². The van der Waals surface area contributed by atoms with Gasteiger partial charge in [0.15, 0.2) is 5.69 Å². The molecule has 24 heavy (non-hydrogen) atoms. The highest BCUT2D eigenvalue weighted by atomic mass is 16.5. The number of nitrogens with two attached hydrogens (primary N) is 1. The first kappa shape index (κ1) is 17.5. The smallest absolute Gasteiger partial charge is 0.274 e. The molecular formula is C17H22N4O3. The van der Waals surface area contributed by atoms with E-state index in [9.17, 15) is 9.59 Å². The van der Waals surface area contributed by atoms with Gasteiger partial charge in [0, 0.05) is 12.7 Å². The van der Waals surface area contributed by atoms with Crippen LogP contribution >= 0.6 is 0 Å². The largest absolute Gasteiger partial charge is 0.497 e. The highest BCUT2D eigenvalue weighted by Gasteiger charge is 2.19. The molecule has 1 aromatic heterocycles. The van der Waals surface area contributed by atoms with Crippen LogP contribution in [0.25, 0.3) is 5.69 Å². The predicted molar refractivity (Wildman–Crippen MR) is 90.1 cm³/mol. The van der Waals surface area contributed by atoms with Gasteiger partial charge in [-0.1, -0.05) is 13.3 Å². The first-order valence-electron chi connectivity index (χ1n) is 7.82. The molecular weight excluding hydrogens is 308 g/mol. The van der Waals surface area contributed by atoms with Crippen LogP contribution in [0.5, 0.6) is 5.75 Å². The Morgan fingerprint density at radius 2 is 1.96 bits per heavy atom. The van der Waals surface area contributed by atoms with E-state index in [1.807, 2.05) is 31.2 Å². The number of rotatable bonds is 8. The number of benzene rings is 1. The van der Waals surface area contributed by atoms with E-state index in [1.54, 1.807) is 24.1 Å². The van der Waals surface area contributed by atoms with Crippen LogP contribution in [-0.2, 0) is 4.79 Å². The highest BCUT2D eigenvalue weighted by Crippen LogP contribution is 2.15. The quantitative estimate of drug-likeness (QED) is 0.796. The molecule has 0 aliphatic rings. The third kappa shape index (κ3) is 4.34. The molecule has 0 radical (unpaired) electrons. The Labute approximate surface area is 141 Å². The molecule has 1 aromatic carbocycles. The number of carbonyl (C=O) groups is 2. The lowest BCUT2D eigenvalue weighted by Gasteiger charge is -2.19. The van der Waals surface area contributed by atoms with E-state index in [0.29, 0.717) is 6.54 Å². The lowest BCUT2D eigenvalue weighted by molar-refractivity contribution is -0.118. The minimum atomic E-state index is -0.533. The minimum Gasteiger partial charge on any atom is -0.497 e. The summed E-state index contributed by atoms with van der Waals surface area (Å²) < 4.78 is 6.73. The molecule has 0 aliphatic carbocycles. The Morgan fingerprint density at radius 1 is 1.25 bits per heavy atom. The van der Waals surface area contributed by atoms with Gasteiger partial charge in [0.2, 0.25) is 5.91 Å². The zero-order chi connectivity index (χ0) is 17.5. The standard InChI is InChI=1S/C17H22N4O3/c1-3-4-10-20(12-16(18)22)17(23)15-9-11-21(19-15)13-5-7-14(24-2)8-6-13/h5-9,11H,3-4,10,12H2,1-2H3,(H2,18,22). The molecule has 0 spiro atoms. The van der Waals surface area contributed by atoms with Crippen LogP contribution in [0.15, 0.2) is 36.5 Å². The number of amides is 2. The van der Waals surface area contributed by atoms with Gasteiger partial charge in [0.25, 0.3) is 5.91 Å². The molecule has 2 aromatic rings. The molecule has 0 saturated carbocycles. The Hall–Kier alpha value is -2.83. The summed E-state index contributed by atoms with van der Waals surface area (Å²) in [5.74, 6) is -0.0852. The van der Waals surface area contributed by atoms with Crippen molar-refractivity contribution in [2.75, 3.05) is 20.2 Å². The maximum Gasteiger partial charge on any atom is 0.274 e. The van der Waals surface area contributed by atoms with E-state index in [2.05, 4.69) is 5.10 Å². The number of nitrogens with zero attached hydrogens (tertiary/aromatic N) is 3. The van der Waals surface area contributed by atoms with Gasteiger partial charge in [-0.05, 0) is 36.8 Å². The number of ether oxygens (including phenoxy) is 1. The molecule has 0 unspecified atom stereocenters. The maximum absolute atomic E-state index is 12.6. The summed E-state index contributed by atoms with van der Waals surface area (Å²) in [4.78, 5) is 25.2. The lowest BCUT2D eigenvalue weighted by Crippen LogP contribution is -2.39. The van der Waals surface area contributed by atoms with Gasteiger partial charge < -0.3 is 15.4 Å². The van der Waals surface area contributed by atoms with Gasteiger partial charge in [-0.15, -0.1) is 0 Å². The second-order valence-corrected chi connectivity index (χ2v) is 5.39. The number of unbranched alkanes of at least 4 members (excludes halogenated alkanes) is 1. The summed E-state index contributed by atoms with van der Waals surface area (Å²) in [5.41, 5.74) is 6.33. The van der Waals surface area contributed by atoms with Gasteiger partial charge in [-0.25, -0.2) is 4.68 Å². The second kappa shape index (κ2) is 8.14. The van der Waals surface area contributed by atoms with Crippen LogP contribution in [0.3, 0.4) is 0 Å². The molecule has 0 bridgehead atoms. The second-order valence-electron chi connectivity index (χ2n) is 5.39. The average Bonchev–Trinajstić information content (AvgIpc) is 3.07. The maximum atomic E-state index is 12.6. The summed E-state index contributed by atoms with van der Waals surface area (Å²) in [6.45, 7) is 2.40. The van der Waals surface area contributed by atoms with Gasteiger partial charge in [0.1, 0.15) is 5.75 Å². The van der Waals surface area contributed by atoms with Crippen molar-refractivity contribution in [2.24, 2.45) is 5.73 Å². The van der Waals surface area contributed by atoms with Crippen LogP contribution in [0.1, 0.15) is 30.3 Å². The first-order valence-corrected chi connectivity index (χ1v) is 7.82. The lowest BCUT2D eigenvalue weighted by atomic mass is 10.3. The monoisotopic (exact) mass is 330 g/mol. The molecule has 0 saturated heterocycles. The van der Waals surface area contributed by atoms with Crippen LogP contribution < -0.4 is 10.5 Å². The first-order chi connectivity index (χ1) is 11.5. The van der Waals surface area contributed by atoms with Crippen molar-refractivity contribution >= 4 is 11.8 Å². The summed E-state index contributed by atoms with van der Waals surface area (Å²) in [6, 6.07) is 8.96. The number of methoxy groups -OCH3 is 1. The Balaban J connectivity index is 2.17. The molecule has 0 fully saturated rings. The van der Waals surface area contributed by atoms with Crippen LogP contribution in [-0.4, -0.2) is 46.7 Å². The number of hydrogen-bond donors (Lipinski definition) is 1. The molecule has 2 N–H and O–H groups in total. The number of hydrogen-bond acceptors (Lipinski definition) is 4. The zero-order valence-corrected chi connectivity index (χ0v) is 13.9. The van der Waals surface area contributed by atoms with Crippen molar-refractivity contribution in [3.05, 3.63) is 42.2 Å². The van der Waals surface area contributed by atoms with Gasteiger partial charge in [0.05, 0.1) is 19.3 Å². The molecule has 7 heteroatoms. The Kier molecular flexibility index (Phi) is 5.95. The fraction of sp³-hybridized carbons (Fsp3) is 0.353. The van der Waals surface area contributed by atoms with E-state index in [1.165, 1.54) is 4.90 Å². The third-order valence-electron chi connectivity index (χ3n) is 3.56. The van der Waals surface area contributed by atoms with Crippen LogP contribution in [0, 0.1) is 0 Å². The highest BCUT2D eigenvalue weighted by molar-refractivity contribution is 5.94. The SMILES string of the molecule is CCCCN(CC(N)=O)C(=O)c1ccn(-c2ccc(OC)cc2)n1. The number of aromatic nitrogens is 2. The molecule has 2 amide bonds. The van der Waals surface area contributed by atoms with E-state index in [0.717, 1.165) is 24.3 Å². The van der Waals surface area contributed by atoms with Gasteiger partial charge >= 0.3 is 0 Å². The fourth-order valence-electron chi connectivity index (χ4n) is 2.27. The van der Waals surface area contributed by atoms with Gasteiger partial charge in [-0.3, -0.25) is 9.59 Å². The van der Waals surface area contributed by atoms with Crippen molar-refractivity contribution in [1.82, 2.24) is 14.7 Å². The normalized spacial score (nSPS) is 10.4. The topological polar surface area (TPSA) is 90.5 Å². The van der Waals surface area contributed by atoms with Crippen molar-refractivity contribution in [3.63, 3.8) is 0 Å². The van der Waals surface area contributed by atoms with E-state index >= 15 is 0 Å². The molecule has 1 heterocycles. The number of carbonyl (C=O) groups excluding carboxylic acids is 2. The molecule has 128 valence electrons.